The molecule has 0 atom stereocenters. The van der Waals surface area contributed by atoms with Gasteiger partial charge in [-0.2, -0.15) is 5.26 Å². The maximum absolute atomic E-state index is 10.3. The van der Waals surface area contributed by atoms with E-state index in [-0.39, 0.29) is 6.42 Å². The van der Waals surface area contributed by atoms with Crippen LogP contribution in [0.5, 0.6) is 0 Å². The number of carbonyl (C=O) groups is 1. The Bertz CT molecular complexity index is 165. The number of hydrogen-bond acceptors (Lipinski definition) is 5. The van der Waals surface area contributed by atoms with E-state index in [4.69, 9.17) is 9.99 Å². The van der Waals surface area contributed by atoms with Crippen LogP contribution in [0.2, 0.25) is 0 Å². The van der Waals surface area contributed by atoms with E-state index in [1.807, 2.05) is 0 Å². The van der Waals surface area contributed by atoms with Crippen molar-refractivity contribution in [2.75, 3.05) is 13.2 Å². The Morgan fingerprint density at radius 2 is 2.70 bits per heavy atom. The molecule has 0 aromatic heterocycles. The first kappa shape index (κ1) is 7.01. The lowest BCUT2D eigenvalue weighted by Crippen LogP contribution is -2.09. The van der Waals surface area contributed by atoms with Crippen LogP contribution in [-0.2, 0) is 14.4 Å². The van der Waals surface area contributed by atoms with Gasteiger partial charge in [0.1, 0.15) is 13.0 Å². The normalized spacial score (nSPS) is 15.9. The Balaban J connectivity index is 2.30. The highest BCUT2D eigenvalue weighted by Crippen LogP contribution is 1.98. The summed E-state index contributed by atoms with van der Waals surface area (Å²) in [5, 5.41) is 7.84. The summed E-state index contributed by atoms with van der Waals surface area (Å²) in [6, 6.07) is 0. The van der Waals surface area contributed by atoms with Crippen molar-refractivity contribution in [2.45, 2.75) is 6.42 Å². The van der Waals surface area contributed by atoms with Crippen LogP contribution in [0.1, 0.15) is 6.42 Å². The number of nitrogens with zero attached hydrogens (tertiary/aromatic N) is 1. The largest absolute Gasteiger partial charge is 0.479 e. The quantitative estimate of drug-likeness (QED) is 0.432. The van der Waals surface area contributed by atoms with Crippen LogP contribution in [0, 0.1) is 0 Å². The third-order valence-corrected chi connectivity index (χ3v) is 1.05. The molecular weight excluding hydrogens is 138 g/mol. The second-order valence-electron chi connectivity index (χ2n) is 1.76. The molecule has 1 aliphatic rings. The summed E-state index contributed by atoms with van der Waals surface area (Å²) < 4.78 is 4.86. The van der Waals surface area contributed by atoms with Gasteiger partial charge in [0.05, 0.1) is 6.54 Å². The fourth-order valence-electron chi connectivity index (χ4n) is 0.642. The highest BCUT2D eigenvalue weighted by atomic mass is 17.1. The van der Waals surface area contributed by atoms with E-state index in [0.29, 0.717) is 19.0 Å². The minimum absolute atomic E-state index is 0.0868. The van der Waals surface area contributed by atoms with Gasteiger partial charge in [-0.1, -0.05) is 0 Å². The third kappa shape index (κ3) is 1.70. The van der Waals surface area contributed by atoms with Crippen LogP contribution in [-0.4, -0.2) is 30.3 Å². The van der Waals surface area contributed by atoms with Gasteiger partial charge in [-0.3, -0.25) is 4.99 Å². The average Bonchev–Trinajstić information content (AvgIpc) is 2.40. The van der Waals surface area contributed by atoms with Crippen LogP contribution in [0.25, 0.3) is 0 Å². The van der Waals surface area contributed by atoms with Crippen LogP contribution < -0.4 is 0 Å². The van der Waals surface area contributed by atoms with Gasteiger partial charge in [0, 0.05) is 0 Å². The number of hydrogen-bond donors (Lipinski definition) is 1. The molecule has 0 bridgehead atoms. The smallest absolute Gasteiger partial charge is 0.351 e. The monoisotopic (exact) mass is 145 g/mol. The maximum Gasteiger partial charge on any atom is 0.351 e. The molecule has 0 fully saturated rings. The van der Waals surface area contributed by atoms with Gasteiger partial charge in [0.15, 0.2) is 5.90 Å². The lowest BCUT2D eigenvalue weighted by atomic mass is 10.4. The first-order valence-electron chi connectivity index (χ1n) is 2.83. The summed E-state index contributed by atoms with van der Waals surface area (Å²) in [6.45, 7) is 1.09. The summed E-state index contributed by atoms with van der Waals surface area (Å²) in [7, 11) is 0. The van der Waals surface area contributed by atoms with E-state index >= 15 is 0 Å². The van der Waals surface area contributed by atoms with Crippen LogP contribution in [0.15, 0.2) is 4.99 Å². The molecule has 0 saturated heterocycles. The molecule has 0 saturated carbocycles. The maximum atomic E-state index is 10.3. The molecule has 1 N–H and O–H groups in total. The molecule has 0 aliphatic carbocycles. The minimum Gasteiger partial charge on any atom is -0.479 e. The highest BCUT2D eigenvalue weighted by Gasteiger charge is 2.13. The Hall–Kier alpha value is -1.10. The van der Waals surface area contributed by atoms with E-state index in [1.54, 1.807) is 0 Å². The Labute approximate surface area is 57.2 Å². The number of ether oxygens (including phenoxy) is 1. The van der Waals surface area contributed by atoms with E-state index in [1.165, 1.54) is 0 Å². The van der Waals surface area contributed by atoms with Crippen molar-refractivity contribution in [2.24, 2.45) is 4.99 Å². The van der Waals surface area contributed by atoms with Crippen molar-refractivity contribution >= 4 is 11.9 Å². The number of aliphatic imine (C=N–C) groups is 1. The van der Waals surface area contributed by atoms with E-state index in [2.05, 4.69) is 9.88 Å². The Kier molecular flexibility index (Phi) is 2.22. The summed E-state index contributed by atoms with van der Waals surface area (Å²) in [6.07, 6.45) is -0.0868. The molecule has 1 aliphatic heterocycles. The molecule has 0 radical (unpaired) electrons. The van der Waals surface area contributed by atoms with Crippen molar-refractivity contribution in [3.05, 3.63) is 0 Å². The van der Waals surface area contributed by atoms with E-state index < -0.39 is 5.97 Å². The van der Waals surface area contributed by atoms with Gasteiger partial charge in [-0.15, -0.1) is 0 Å². The van der Waals surface area contributed by atoms with Gasteiger partial charge < -0.3 is 9.62 Å². The van der Waals surface area contributed by atoms with Crippen LogP contribution in [0.3, 0.4) is 0 Å². The minimum atomic E-state index is -0.749. The third-order valence-electron chi connectivity index (χ3n) is 1.05. The van der Waals surface area contributed by atoms with E-state index in [9.17, 15) is 4.79 Å². The summed E-state index contributed by atoms with van der Waals surface area (Å²) >= 11 is 0. The predicted molar refractivity (Wildman–Crippen MR) is 31.6 cm³/mol. The summed E-state index contributed by atoms with van der Waals surface area (Å²) in [5.74, 6) is -0.417. The lowest BCUT2D eigenvalue weighted by molar-refractivity contribution is -0.233. The molecule has 0 spiro atoms. The Morgan fingerprint density at radius 3 is 3.20 bits per heavy atom. The van der Waals surface area contributed by atoms with Gasteiger partial charge in [0.2, 0.25) is 0 Å². The zero-order valence-corrected chi connectivity index (χ0v) is 5.24. The fraction of sp³-hybridized carbons (Fsp3) is 0.600. The second kappa shape index (κ2) is 3.17. The topological polar surface area (TPSA) is 68.1 Å². The zero-order chi connectivity index (χ0) is 7.40. The fourth-order valence-corrected chi connectivity index (χ4v) is 0.642. The summed E-state index contributed by atoms with van der Waals surface area (Å²) in [5.41, 5.74) is 0. The van der Waals surface area contributed by atoms with Crippen molar-refractivity contribution in [3.63, 3.8) is 0 Å². The SMILES string of the molecule is O=C(CC1=NCCO1)OO. The first-order valence-corrected chi connectivity index (χ1v) is 2.83. The number of carbonyl (C=O) groups excluding carboxylic acids is 1. The molecule has 0 aromatic rings. The second-order valence-corrected chi connectivity index (χ2v) is 1.76. The molecule has 0 unspecified atom stereocenters. The van der Waals surface area contributed by atoms with Gasteiger partial charge in [0.25, 0.3) is 0 Å². The van der Waals surface area contributed by atoms with Crippen molar-refractivity contribution < 1.29 is 19.7 Å². The van der Waals surface area contributed by atoms with Crippen LogP contribution in [0.4, 0.5) is 0 Å². The summed E-state index contributed by atoms with van der Waals surface area (Å²) in [4.78, 5) is 17.6. The molecule has 5 heteroatoms. The number of rotatable bonds is 2. The van der Waals surface area contributed by atoms with Gasteiger partial charge in [-0.25, -0.2) is 4.79 Å². The molecule has 5 nitrogen and oxygen atoms in total. The molecule has 1 heterocycles. The highest BCUT2D eigenvalue weighted by molar-refractivity contribution is 5.94. The molecule has 1 rings (SSSR count). The van der Waals surface area contributed by atoms with Gasteiger partial charge >= 0.3 is 5.97 Å². The van der Waals surface area contributed by atoms with Gasteiger partial charge in [-0.05, 0) is 0 Å². The van der Waals surface area contributed by atoms with Crippen LogP contribution >= 0.6 is 0 Å². The Morgan fingerprint density at radius 1 is 1.90 bits per heavy atom. The predicted octanol–water partition coefficient (Wildman–Crippen LogP) is -0.179. The average molecular weight is 145 g/mol. The zero-order valence-electron chi connectivity index (χ0n) is 5.24. The van der Waals surface area contributed by atoms with Crippen molar-refractivity contribution in [1.29, 1.82) is 0 Å². The molecule has 0 amide bonds. The molecule has 10 heavy (non-hydrogen) atoms. The van der Waals surface area contributed by atoms with Crippen molar-refractivity contribution in [3.8, 4) is 0 Å². The lowest BCUT2D eigenvalue weighted by Gasteiger charge is -1.96. The molecule has 56 valence electrons. The van der Waals surface area contributed by atoms with Crippen molar-refractivity contribution in [1.82, 2.24) is 0 Å². The molecular formula is C5H7NO4. The standard InChI is InChI=1S/C5H7NO4/c7-5(10-8)3-4-6-1-2-9-4/h8H,1-3H2. The molecule has 0 aromatic carbocycles. The first-order chi connectivity index (χ1) is 4.83. The van der Waals surface area contributed by atoms with E-state index in [0.717, 1.165) is 0 Å².